The van der Waals surface area contributed by atoms with Crippen molar-refractivity contribution in [2.24, 2.45) is 0 Å². The minimum absolute atomic E-state index is 0.787. The molecule has 1 rings (SSSR count). The summed E-state index contributed by atoms with van der Waals surface area (Å²) in [5, 5.41) is 3.94. The maximum absolute atomic E-state index is 5.86. The smallest absolute Gasteiger partial charge is 0.133 e. The molecule has 0 heterocycles. The van der Waals surface area contributed by atoms with Gasteiger partial charge in [-0.1, -0.05) is 36.0 Å². The highest BCUT2D eigenvalue weighted by molar-refractivity contribution is 8.22. The highest BCUT2D eigenvalue weighted by atomic mass is 35.5. The average Bonchev–Trinajstić information content (AvgIpc) is 2.17. The standard InChI is InChI=1S/C10H12ClNS2/c1-14-10(13)12-6-5-8-3-2-4-9(11)7-8/h2-4,7H,5-6H2,1H3,(H,12,13). The van der Waals surface area contributed by atoms with Crippen LogP contribution in [0.4, 0.5) is 0 Å². The van der Waals surface area contributed by atoms with E-state index < -0.39 is 0 Å². The van der Waals surface area contributed by atoms with Crippen molar-refractivity contribution in [1.82, 2.24) is 5.32 Å². The maximum atomic E-state index is 5.86. The van der Waals surface area contributed by atoms with Crippen molar-refractivity contribution < 1.29 is 0 Å². The van der Waals surface area contributed by atoms with Gasteiger partial charge in [-0.3, -0.25) is 0 Å². The molecule has 1 aromatic rings. The first kappa shape index (κ1) is 11.8. The summed E-state index contributed by atoms with van der Waals surface area (Å²) in [6.07, 6.45) is 2.91. The van der Waals surface area contributed by atoms with Crippen LogP contribution in [0.15, 0.2) is 24.3 Å². The Kier molecular flexibility index (Phi) is 5.30. The molecule has 0 aliphatic rings. The molecule has 0 amide bonds. The van der Waals surface area contributed by atoms with Crippen LogP contribution in [0.2, 0.25) is 5.02 Å². The molecule has 0 unspecified atom stereocenters. The molecule has 0 aliphatic heterocycles. The predicted octanol–water partition coefficient (Wildman–Crippen LogP) is 3.12. The van der Waals surface area contributed by atoms with Crippen LogP contribution >= 0.6 is 35.6 Å². The highest BCUT2D eigenvalue weighted by Crippen LogP contribution is 2.10. The Labute approximate surface area is 99.2 Å². The lowest BCUT2D eigenvalue weighted by atomic mass is 10.1. The molecule has 0 atom stereocenters. The number of hydrogen-bond acceptors (Lipinski definition) is 2. The number of hydrogen-bond donors (Lipinski definition) is 1. The summed E-state index contributed by atoms with van der Waals surface area (Å²) in [4.78, 5) is 0. The van der Waals surface area contributed by atoms with Crippen LogP contribution in [0.25, 0.3) is 0 Å². The molecule has 0 saturated heterocycles. The highest BCUT2D eigenvalue weighted by Gasteiger charge is 1.95. The van der Waals surface area contributed by atoms with Crippen LogP contribution in [0.3, 0.4) is 0 Å². The van der Waals surface area contributed by atoms with Gasteiger partial charge >= 0.3 is 0 Å². The Hall–Kier alpha value is -0.250. The van der Waals surface area contributed by atoms with Crippen LogP contribution in [0.1, 0.15) is 5.56 Å². The lowest BCUT2D eigenvalue weighted by Gasteiger charge is -2.05. The second-order valence-electron chi connectivity index (χ2n) is 2.80. The van der Waals surface area contributed by atoms with E-state index in [4.69, 9.17) is 23.8 Å². The number of thioether (sulfide) groups is 1. The van der Waals surface area contributed by atoms with Gasteiger partial charge in [0.2, 0.25) is 0 Å². The summed E-state index contributed by atoms with van der Waals surface area (Å²) in [7, 11) is 0. The first-order valence-corrected chi connectivity index (χ1v) is 6.29. The van der Waals surface area contributed by atoms with Crippen LogP contribution in [-0.2, 0) is 6.42 Å². The minimum atomic E-state index is 0.787. The van der Waals surface area contributed by atoms with E-state index in [1.807, 2.05) is 24.5 Å². The number of benzene rings is 1. The fraction of sp³-hybridized carbons (Fsp3) is 0.300. The van der Waals surface area contributed by atoms with Crippen molar-refractivity contribution in [1.29, 1.82) is 0 Å². The van der Waals surface area contributed by atoms with Gasteiger partial charge in [-0.05, 0) is 30.4 Å². The summed E-state index contributed by atoms with van der Waals surface area (Å²) in [6, 6.07) is 7.89. The molecule has 76 valence electrons. The topological polar surface area (TPSA) is 12.0 Å². The average molecular weight is 246 g/mol. The minimum Gasteiger partial charge on any atom is -0.371 e. The van der Waals surface area contributed by atoms with E-state index in [0.29, 0.717) is 0 Å². The summed E-state index contributed by atoms with van der Waals surface area (Å²) in [5.41, 5.74) is 1.23. The lowest BCUT2D eigenvalue weighted by Crippen LogP contribution is -2.20. The molecule has 0 spiro atoms. The zero-order chi connectivity index (χ0) is 10.4. The molecule has 0 aliphatic carbocycles. The zero-order valence-corrected chi connectivity index (χ0v) is 10.3. The summed E-state index contributed by atoms with van der Waals surface area (Å²) in [5.74, 6) is 0. The van der Waals surface area contributed by atoms with Crippen molar-refractivity contribution in [2.75, 3.05) is 12.8 Å². The van der Waals surface area contributed by atoms with Gasteiger partial charge in [0.25, 0.3) is 0 Å². The number of nitrogens with one attached hydrogen (secondary N) is 1. The fourth-order valence-corrected chi connectivity index (χ4v) is 1.63. The van der Waals surface area contributed by atoms with Crippen LogP contribution < -0.4 is 5.32 Å². The molecule has 1 N–H and O–H groups in total. The fourth-order valence-electron chi connectivity index (χ4n) is 1.07. The first-order chi connectivity index (χ1) is 6.72. The normalized spacial score (nSPS) is 9.86. The quantitative estimate of drug-likeness (QED) is 0.822. The SMILES string of the molecule is CSC(=S)NCCc1cccc(Cl)c1. The van der Waals surface area contributed by atoms with E-state index in [1.54, 1.807) is 11.8 Å². The van der Waals surface area contributed by atoms with Gasteiger partial charge in [-0.2, -0.15) is 0 Å². The monoisotopic (exact) mass is 245 g/mol. The van der Waals surface area contributed by atoms with Crippen molar-refractivity contribution in [3.63, 3.8) is 0 Å². The molecule has 0 bridgehead atoms. The summed E-state index contributed by atoms with van der Waals surface area (Å²) < 4.78 is 0.840. The van der Waals surface area contributed by atoms with Gasteiger partial charge in [0, 0.05) is 11.6 Å². The molecule has 0 fully saturated rings. The van der Waals surface area contributed by atoms with Crippen molar-refractivity contribution in [3.05, 3.63) is 34.9 Å². The van der Waals surface area contributed by atoms with Crippen LogP contribution in [0.5, 0.6) is 0 Å². The summed E-state index contributed by atoms with van der Waals surface area (Å²) in [6.45, 7) is 0.861. The Balaban J connectivity index is 2.35. The number of rotatable bonds is 3. The molecule has 0 saturated carbocycles. The summed E-state index contributed by atoms with van der Waals surface area (Å²) >= 11 is 12.4. The van der Waals surface area contributed by atoms with E-state index in [0.717, 1.165) is 22.3 Å². The first-order valence-electron chi connectivity index (χ1n) is 4.28. The Bertz CT molecular complexity index is 315. The van der Waals surface area contributed by atoms with Crippen molar-refractivity contribution >= 4 is 39.9 Å². The van der Waals surface area contributed by atoms with Gasteiger partial charge in [-0.25, -0.2) is 0 Å². The van der Waals surface area contributed by atoms with E-state index in [9.17, 15) is 0 Å². The second kappa shape index (κ2) is 6.27. The van der Waals surface area contributed by atoms with E-state index in [2.05, 4.69) is 11.4 Å². The van der Waals surface area contributed by atoms with E-state index >= 15 is 0 Å². The van der Waals surface area contributed by atoms with Crippen LogP contribution in [-0.4, -0.2) is 17.1 Å². The van der Waals surface area contributed by atoms with Gasteiger partial charge in [0.15, 0.2) is 0 Å². The molecular formula is C10H12ClNS2. The second-order valence-corrected chi connectivity index (χ2v) is 4.72. The zero-order valence-electron chi connectivity index (χ0n) is 7.92. The third kappa shape index (κ3) is 4.31. The Morgan fingerprint density at radius 1 is 1.57 bits per heavy atom. The van der Waals surface area contributed by atoms with Gasteiger partial charge in [0.1, 0.15) is 4.32 Å². The Morgan fingerprint density at radius 3 is 3.00 bits per heavy atom. The molecular weight excluding hydrogens is 234 g/mol. The van der Waals surface area contributed by atoms with Crippen molar-refractivity contribution in [3.8, 4) is 0 Å². The van der Waals surface area contributed by atoms with Gasteiger partial charge in [-0.15, -0.1) is 11.8 Å². The largest absolute Gasteiger partial charge is 0.371 e. The third-order valence-corrected chi connectivity index (χ3v) is 3.15. The Morgan fingerprint density at radius 2 is 2.36 bits per heavy atom. The van der Waals surface area contributed by atoms with E-state index in [-0.39, 0.29) is 0 Å². The number of halogens is 1. The molecule has 0 radical (unpaired) electrons. The molecule has 14 heavy (non-hydrogen) atoms. The number of thiocarbonyl (C=S) groups is 1. The molecule has 1 nitrogen and oxygen atoms in total. The van der Waals surface area contributed by atoms with Crippen molar-refractivity contribution in [2.45, 2.75) is 6.42 Å². The molecule has 0 aromatic heterocycles. The van der Waals surface area contributed by atoms with Crippen LogP contribution in [0, 0.1) is 0 Å². The van der Waals surface area contributed by atoms with E-state index in [1.165, 1.54) is 5.56 Å². The lowest BCUT2D eigenvalue weighted by molar-refractivity contribution is 0.883. The maximum Gasteiger partial charge on any atom is 0.133 e. The molecule has 1 aromatic carbocycles. The predicted molar refractivity (Wildman–Crippen MR) is 69.3 cm³/mol. The van der Waals surface area contributed by atoms with Gasteiger partial charge < -0.3 is 5.32 Å². The molecule has 4 heteroatoms. The van der Waals surface area contributed by atoms with Gasteiger partial charge in [0.05, 0.1) is 0 Å². The third-order valence-electron chi connectivity index (χ3n) is 1.76.